The number of fused-ring (bicyclic) bond motifs is 1. The number of nitrogens with zero attached hydrogens (tertiary/aromatic N) is 5. The van der Waals surface area contributed by atoms with Crippen LogP contribution < -0.4 is 10.6 Å². The number of morpholine rings is 1. The highest BCUT2D eigenvalue weighted by Gasteiger charge is 2.37. The molecule has 2 atom stereocenters. The Morgan fingerprint density at radius 1 is 1.33 bits per heavy atom. The highest BCUT2D eigenvalue weighted by atomic mass is 32.1. The summed E-state index contributed by atoms with van der Waals surface area (Å²) in [5.74, 6) is 0.395. The summed E-state index contributed by atoms with van der Waals surface area (Å²) in [4.78, 5) is 34.2. The van der Waals surface area contributed by atoms with E-state index < -0.39 is 5.92 Å². The number of ether oxygens (including phenoxy) is 1. The van der Waals surface area contributed by atoms with Gasteiger partial charge < -0.3 is 15.0 Å². The Labute approximate surface area is 178 Å². The Kier molecular flexibility index (Phi) is 5.45. The van der Waals surface area contributed by atoms with Gasteiger partial charge >= 0.3 is 0 Å². The molecule has 5 rings (SSSR count). The molecule has 2 aromatic heterocycles. The van der Waals surface area contributed by atoms with Gasteiger partial charge in [0.25, 0.3) is 0 Å². The lowest BCUT2D eigenvalue weighted by atomic mass is 10.0. The largest absolute Gasteiger partial charge is 0.378 e. The van der Waals surface area contributed by atoms with E-state index in [1.807, 2.05) is 13.0 Å². The maximum atomic E-state index is 13.3. The molecule has 158 valence electrons. The Bertz CT molecular complexity index is 1010. The van der Waals surface area contributed by atoms with E-state index in [9.17, 15) is 4.79 Å². The third kappa shape index (κ3) is 3.82. The van der Waals surface area contributed by atoms with Gasteiger partial charge in [0.2, 0.25) is 11.9 Å². The number of rotatable bonds is 2. The summed E-state index contributed by atoms with van der Waals surface area (Å²) >= 11 is 1.51. The molecular weight excluding hydrogens is 402 g/mol. The number of hydrogen-bond donors (Lipinski definition) is 2. The van der Waals surface area contributed by atoms with Crippen molar-refractivity contribution in [3.05, 3.63) is 23.0 Å². The fraction of sp³-hybridized carbons (Fsp3) is 0.550. The third-order valence-corrected chi connectivity index (χ3v) is 6.71. The average molecular weight is 428 g/mol. The maximum Gasteiger partial charge on any atom is 0.244 e. The normalized spacial score (nSPS) is 26.7. The average Bonchev–Trinajstić information content (AvgIpc) is 3.20. The number of nitrogens with one attached hydrogen (secondary N) is 2. The Morgan fingerprint density at radius 2 is 2.20 bits per heavy atom. The fourth-order valence-electron chi connectivity index (χ4n) is 4.00. The molecule has 0 bridgehead atoms. The minimum absolute atomic E-state index is 0.120. The number of piperidine rings is 1. The first-order valence-corrected chi connectivity index (χ1v) is 11.2. The number of pyridine rings is 1. The van der Waals surface area contributed by atoms with E-state index in [4.69, 9.17) is 19.7 Å². The lowest BCUT2D eigenvalue weighted by Gasteiger charge is -2.33. The fourth-order valence-corrected chi connectivity index (χ4v) is 5.12. The highest BCUT2D eigenvalue weighted by molar-refractivity contribution is 7.18. The van der Waals surface area contributed by atoms with Gasteiger partial charge in [0.05, 0.1) is 29.6 Å². The van der Waals surface area contributed by atoms with Crippen LogP contribution in [0.1, 0.15) is 29.5 Å². The third-order valence-electron chi connectivity index (χ3n) is 5.63. The molecule has 9 nitrogen and oxygen atoms in total. The summed E-state index contributed by atoms with van der Waals surface area (Å²) in [7, 11) is 0. The van der Waals surface area contributed by atoms with Crippen LogP contribution >= 0.6 is 11.3 Å². The van der Waals surface area contributed by atoms with Crippen molar-refractivity contribution in [2.75, 3.05) is 39.4 Å². The molecule has 1 amide bonds. The maximum absolute atomic E-state index is 13.3. The SMILES string of the molecule is Cc1nccc2sc(C3C(=O)NC(N4CCOCC4)=NC3=N[C@@H]3CCCNC3)nc12. The van der Waals surface area contributed by atoms with Crippen LogP contribution in [0.15, 0.2) is 22.2 Å². The van der Waals surface area contributed by atoms with Gasteiger partial charge in [0, 0.05) is 25.8 Å². The number of carbonyl (C=O) groups excluding carboxylic acids is 1. The molecule has 2 fully saturated rings. The van der Waals surface area contributed by atoms with Crippen LogP contribution in [-0.2, 0) is 9.53 Å². The van der Waals surface area contributed by atoms with E-state index in [0.29, 0.717) is 43.1 Å². The first kappa shape index (κ1) is 19.5. The van der Waals surface area contributed by atoms with Gasteiger partial charge in [0.15, 0.2) is 0 Å². The van der Waals surface area contributed by atoms with Crippen molar-refractivity contribution in [1.29, 1.82) is 0 Å². The molecule has 0 aliphatic carbocycles. The van der Waals surface area contributed by atoms with Gasteiger partial charge in [-0.1, -0.05) is 0 Å². The first-order valence-electron chi connectivity index (χ1n) is 10.4. The summed E-state index contributed by atoms with van der Waals surface area (Å²) in [5, 5.41) is 7.10. The Balaban J connectivity index is 1.54. The van der Waals surface area contributed by atoms with E-state index >= 15 is 0 Å². The first-order chi connectivity index (χ1) is 14.7. The number of aromatic nitrogens is 2. The quantitative estimate of drug-likeness (QED) is 0.743. The molecule has 30 heavy (non-hydrogen) atoms. The zero-order valence-electron chi connectivity index (χ0n) is 16.9. The lowest BCUT2D eigenvalue weighted by molar-refractivity contribution is -0.120. The van der Waals surface area contributed by atoms with Crippen LogP contribution in [0.2, 0.25) is 0 Å². The van der Waals surface area contributed by atoms with Crippen molar-refractivity contribution in [3.8, 4) is 0 Å². The van der Waals surface area contributed by atoms with Crippen LogP contribution in [0.3, 0.4) is 0 Å². The van der Waals surface area contributed by atoms with E-state index in [-0.39, 0.29) is 11.9 Å². The number of amidine groups is 1. The van der Waals surface area contributed by atoms with Crippen molar-refractivity contribution in [1.82, 2.24) is 25.5 Å². The number of aliphatic imine (C=N–C) groups is 2. The summed E-state index contributed by atoms with van der Waals surface area (Å²) < 4.78 is 6.46. The van der Waals surface area contributed by atoms with Crippen LogP contribution in [-0.4, -0.2) is 78.0 Å². The molecule has 10 heteroatoms. The summed E-state index contributed by atoms with van der Waals surface area (Å²) in [6.45, 7) is 6.41. The highest BCUT2D eigenvalue weighted by Crippen LogP contribution is 2.31. The van der Waals surface area contributed by atoms with Crippen LogP contribution in [0.25, 0.3) is 10.2 Å². The van der Waals surface area contributed by atoms with Crippen molar-refractivity contribution in [2.24, 2.45) is 9.98 Å². The predicted molar refractivity (Wildman–Crippen MR) is 116 cm³/mol. The van der Waals surface area contributed by atoms with Gasteiger partial charge in [-0.15, -0.1) is 11.3 Å². The van der Waals surface area contributed by atoms with Crippen LogP contribution in [0.5, 0.6) is 0 Å². The number of guanidine groups is 1. The smallest absolute Gasteiger partial charge is 0.244 e. The van der Waals surface area contributed by atoms with Gasteiger partial charge in [0.1, 0.15) is 22.3 Å². The summed E-state index contributed by atoms with van der Waals surface area (Å²) in [6.07, 6.45) is 3.85. The number of amides is 1. The molecule has 0 radical (unpaired) electrons. The van der Waals surface area contributed by atoms with Crippen molar-refractivity contribution >= 4 is 39.3 Å². The lowest BCUT2D eigenvalue weighted by Crippen LogP contribution is -2.53. The predicted octanol–water partition coefficient (Wildman–Crippen LogP) is 1.05. The van der Waals surface area contributed by atoms with Crippen LogP contribution in [0, 0.1) is 6.92 Å². The van der Waals surface area contributed by atoms with Crippen molar-refractivity contribution in [2.45, 2.75) is 31.7 Å². The molecule has 0 aromatic carbocycles. The molecule has 2 saturated heterocycles. The molecule has 2 N–H and O–H groups in total. The van der Waals surface area contributed by atoms with Gasteiger partial charge in [-0.05, 0) is 32.4 Å². The molecule has 1 unspecified atom stereocenters. The standard InChI is InChI=1S/C20H25N7O2S/c1-12-16-14(4-6-22-12)30-19(24-16)15-17(23-13-3-2-5-21-11-13)25-20(26-18(15)28)27-7-9-29-10-8-27/h4,6,13,15,21H,2-3,5,7-11H2,1H3,(H,23,25,26,28)/t13-,15?/m1/s1. The minimum Gasteiger partial charge on any atom is -0.378 e. The topological polar surface area (TPSA) is 104 Å². The Hall–Kier alpha value is -2.43. The second-order valence-corrected chi connectivity index (χ2v) is 8.80. The molecule has 3 aliphatic heterocycles. The Morgan fingerprint density at radius 3 is 2.97 bits per heavy atom. The molecule has 0 spiro atoms. The van der Waals surface area contributed by atoms with Gasteiger partial charge in [-0.25, -0.2) is 4.98 Å². The molecule has 5 heterocycles. The van der Waals surface area contributed by atoms with E-state index in [0.717, 1.165) is 41.8 Å². The van der Waals surface area contributed by atoms with Crippen LogP contribution in [0.4, 0.5) is 0 Å². The number of hydrogen-bond acceptors (Lipinski definition) is 8. The van der Waals surface area contributed by atoms with Crippen molar-refractivity contribution < 1.29 is 9.53 Å². The molecule has 3 aliphatic rings. The minimum atomic E-state index is -0.603. The second kappa shape index (κ2) is 8.37. The molecular formula is C20H25N7O2S. The van der Waals surface area contributed by atoms with E-state index in [2.05, 4.69) is 20.5 Å². The molecule has 0 saturated carbocycles. The zero-order chi connectivity index (χ0) is 20.5. The van der Waals surface area contributed by atoms with Crippen molar-refractivity contribution in [3.63, 3.8) is 0 Å². The van der Waals surface area contributed by atoms with Gasteiger partial charge in [-0.3, -0.25) is 20.1 Å². The monoisotopic (exact) mass is 427 g/mol. The van der Waals surface area contributed by atoms with E-state index in [1.54, 1.807) is 6.20 Å². The zero-order valence-corrected chi connectivity index (χ0v) is 17.7. The van der Waals surface area contributed by atoms with E-state index in [1.165, 1.54) is 11.3 Å². The summed E-state index contributed by atoms with van der Waals surface area (Å²) in [6, 6.07) is 2.06. The number of thiazole rings is 1. The summed E-state index contributed by atoms with van der Waals surface area (Å²) in [5.41, 5.74) is 1.70. The van der Waals surface area contributed by atoms with Gasteiger partial charge in [-0.2, -0.15) is 4.99 Å². The number of carbonyl (C=O) groups is 1. The second-order valence-electron chi connectivity index (χ2n) is 7.74. The number of aryl methyl sites for hydroxylation is 1. The molecule has 2 aromatic rings.